The summed E-state index contributed by atoms with van der Waals surface area (Å²) in [5.74, 6) is -1.93. The Morgan fingerprint density at radius 3 is 2.53 bits per heavy atom. The standard InChI is InChI=1S/C11H8NO3/c12-11(15)9-7-4-2-1-3-6(7)5-8(13)10(9)14/h1-5,12-14H. The van der Waals surface area contributed by atoms with E-state index < -0.39 is 11.7 Å². The van der Waals surface area contributed by atoms with Crippen LogP contribution in [0.15, 0.2) is 30.3 Å². The van der Waals surface area contributed by atoms with E-state index in [-0.39, 0.29) is 11.3 Å². The molecule has 3 N–H and O–H groups in total. The maximum Gasteiger partial charge on any atom is 0.274 e. The maximum atomic E-state index is 11.0. The van der Waals surface area contributed by atoms with Crippen LogP contribution in [0.5, 0.6) is 11.5 Å². The molecule has 0 saturated heterocycles. The van der Waals surface area contributed by atoms with Crippen molar-refractivity contribution in [1.82, 2.24) is 5.73 Å². The first-order chi connectivity index (χ1) is 7.11. The molecule has 15 heavy (non-hydrogen) atoms. The zero-order chi connectivity index (χ0) is 11.0. The molecule has 2 aromatic carbocycles. The van der Waals surface area contributed by atoms with Crippen molar-refractivity contribution in [3.8, 4) is 11.5 Å². The fraction of sp³-hybridized carbons (Fsp3) is 0. The summed E-state index contributed by atoms with van der Waals surface area (Å²) in [7, 11) is 0. The van der Waals surface area contributed by atoms with E-state index in [0.29, 0.717) is 10.8 Å². The van der Waals surface area contributed by atoms with E-state index in [1.54, 1.807) is 24.3 Å². The summed E-state index contributed by atoms with van der Waals surface area (Å²) in [6, 6.07) is 8.12. The molecule has 0 spiro atoms. The van der Waals surface area contributed by atoms with Crippen molar-refractivity contribution < 1.29 is 15.0 Å². The molecule has 75 valence electrons. The molecule has 4 heteroatoms. The Kier molecular flexibility index (Phi) is 1.97. The number of rotatable bonds is 1. The van der Waals surface area contributed by atoms with E-state index in [2.05, 4.69) is 0 Å². The van der Waals surface area contributed by atoms with Crippen molar-refractivity contribution in [3.05, 3.63) is 35.9 Å². The second-order valence-electron chi connectivity index (χ2n) is 3.17. The minimum Gasteiger partial charge on any atom is -0.504 e. The molecule has 0 bridgehead atoms. The molecule has 0 fully saturated rings. The van der Waals surface area contributed by atoms with Crippen LogP contribution >= 0.6 is 0 Å². The molecule has 1 amide bonds. The van der Waals surface area contributed by atoms with Crippen molar-refractivity contribution in [2.75, 3.05) is 0 Å². The Bertz CT molecular complexity index is 549. The molecule has 0 heterocycles. The van der Waals surface area contributed by atoms with Gasteiger partial charge >= 0.3 is 0 Å². The lowest BCUT2D eigenvalue weighted by Gasteiger charge is -2.06. The van der Waals surface area contributed by atoms with Crippen LogP contribution in [-0.2, 0) is 0 Å². The highest BCUT2D eigenvalue weighted by molar-refractivity contribution is 6.09. The van der Waals surface area contributed by atoms with Crippen molar-refractivity contribution in [2.24, 2.45) is 0 Å². The SMILES string of the molecule is [NH]C(=O)c1c(O)c(O)cc2ccccc12. The molecular formula is C11H8NO3. The van der Waals surface area contributed by atoms with Gasteiger partial charge in [-0.25, -0.2) is 0 Å². The lowest BCUT2D eigenvalue weighted by Crippen LogP contribution is -2.00. The van der Waals surface area contributed by atoms with Gasteiger partial charge in [0.25, 0.3) is 5.91 Å². The van der Waals surface area contributed by atoms with Crippen LogP contribution in [0.3, 0.4) is 0 Å². The van der Waals surface area contributed by atoms with E-state index in [4.69, 9.17) is 5.73 Å². The first kappa shape index (κ1) is 9.33. The van der Waals surface area contributed by atoms with Crippen molar-refractivity contribution in [3.63, 3.8) is 0 Å². The predicted octanol–water partition coefficient (Wildman–Crippen LogP) is 1.67. The monoisotopic (exact) mass is 202 g/mol. The first-order valence-electron chi connectivity index (χ1n) is 4.31. The summed E-state index contributed by atoms with van der Waals surface area (Å²) in [5.41, 5.74) is 6.87. The number of benzene rings is 2. The largest absolute Gasteiger partial charge is 0.504 e. The van der Waals surface area contributed by atoms with Gasteiger partial charge in [0, 0.05) is 0 Å². The zero-order valence-corrected chi connectivity index (χ0v) is 7.69. The molecule has 0 saturated carbocycles. The van der Waals surface area contributed by atoms with Gasteiger partial charge in [-0.1, -0.05) is 24.3 Å². The van der Waals surface area contributed by atoms with Crippen LogP contribution in [0, 0.1) is 0 Å². The van der Waals surface area contributed by atoms with Crippen LogP contribution < -0.4 is 5.73 Å². The summed E-state index contributed by atoms with van der Waals surface area (Å²) in [4.78, 5) is 11.0. The van der Waals surface area contributed by atoms with Gasteiger partial charge in [-0.3, -0.25) is 10.5 Å². The van der Waals surface area contributed by atoms with E-state index in [1.807, 2.05) is 0 Å². The number of carbonyl (C=O) groups excluding carboxylic acids is 1. The summed E-state index contributed by atoms with van der Waals surface area (Å²) < 4.78 is 0. The van der Waals surface area contributed by atoms with E-state index >= 15 is 0 Å². The lowest BCUT2D eigenvalue weighted by atomic mass is 10.0. The fourth-order valence-electron chi connectivity index (χ4n) is 1.55. The van der Waals surface area contributed by atoms with Gasteiger partial charge in [-0.2, -0.15) is 0 Å². The number of hydrogen-bond acceptors (Lipinski definition) is 3. The number of phenols is 2. The smallest absolute Gasteiger partial charge is 0.274 e. The number of fused-ring (bicyclic) bond motifs is 1. The molecule has 1 radical (unpaired) electrons. The van der Waals surface area contributed by atoms with Gasteiger partial charge < -0.3 is 10.2 Å². The molecular weight excluding hydrogens is 194 g/mol. The molecule has 0 aliphatic rings. The molecule has 0 unspecified atom stereocenters. The normalized spacial score (nSPS) is 10.4. The molecule has 0 aliphatic heterocycles. The lowest BCUT2D eigenvalue weighted by molar-refractivity contribution is 0.0990. The highest BCUT2D eigenvalue weighted by Crippen LogP contribution is 2.35. The zero-order valence-electron chi connectivity index (χ0n) is 7.69. The number of carbonyl (C=O) groups is 1. The van der Waals surface area contributed by atoms with Crippen LogP contribution in [-0.4, -0.2) is 16.1 Å². The third kappa shape index (κ3) is 1.36. The van der Waals surface area contributed by atoms with Gasteiger partial charge in [0.05, 0.1) is 5.56 Å². The average molecular weight is 202 g/mol. The average Bonchev–Trinajstić information content (AvgIpc) is 2.19. The summed E-state index contributed by atoms with van der Waals surface area (Å²) >= 11 is 0. The third-order valence-corrected chi connectivity index (χ3v) is 2.23. The molecule has 2 rings (SSSR count). The van der Waals surface area contributed by atoms with Crippen LogP contribution in [0.2, 0.25) is 0 Å². The van der Waals surface area contributed by atoms with Gasteiger partial charge in [0.1, 0.15) is 0 Å². The predicted molar refractivity (Wildman–Crippen MR) is 54.7 cm³/mol. The highest BCUT2D eigenvalue weighted by Gasteiger charge is 2.16. The quantitative estimate of drug-likeness (QED) is 0.690. The maximum absolute atomic E-state index is 11.0. The molecule has 0 aliphatic carbocycles. The van der Waals surface area contributed by atoms with E-state index in [1.165, 1.54) is 6.07 Å². The minimum absolute atomic E-state index is 0.161. The Hall–Kier alpha value is -2.23. The second-order valence-corrected chi connectivity index (χ2v) is 3.17. The summed E-state index contributed by atoms with van der Waals surface area (Å²) in [5, 5.41) is 19.9. The van der Waals surface area contributed by atoms with Gasteiger partial charge in [0.15, 0.2) is 11.5 Å². The van der Waals surface area contributed by atoms with Crippen LogP contribution in [0.25, 0.3) is 10.8 Å². The molecule has 0 atom stereocenters. The minimum atomic E-state index is -1.01. The second kappa shape index (κ2) is 3.16. The molecule has 4 nitrogen and oxygen atoms in total. The number of amides is 1. The van der Waals surface area contributed by atoms with Crippen molar-refractivity contribution in [2.45, 2.75) is 0 Å². The molecule has 0 aromatic heterocycles. The Labute approximate surface area is 85.6 Å². The number of aromatic hydroxyl groups is 2. The Morgan fingerprint density at radius 2 is 1.87 bits per heavy atom. The van der Waals surface area contributed by atoms with Crippen molar-refractivity contribution in [1.29, 1.82) is 0 Å². The topological polar surface area (TPSA) is 81.3 Å². The summed E-state index contributed by atoms with van der Waals surface area (Å²) in [6.07, 6.45) is 0. The van der Waals surface area contributed by atoms with E-state index in [0.717, 1.165) is 0 Å². The number of phenolic OH excluding ortho intramolecular Hbond substituents is 2. The number of hydrogen-bond donors (Lipinski definition) is 2. The van der Waals surface area contributed by atoms with Gasteiger partial charge in [0.2, 0.25) is 0 Å². The Balaban J connectivity index is 2.95. The van der Waals surface area contributed by atoms with E-state index in [9.17, 15) is 15.0 Å². The molecule has 2 aromatic rings. The van der Waals surface area contributed by atoms with Gasteiger partial charge in [-0.05, 0) is 16.8 Å². The van der Waals surface area contributed by atoms with Crippen molar-refractivity contribution >= 4 is 16.7 Å². The Morgan fingerprint density at radius 1 is 1.20 bits per heavy atom. The van der Waals surface area contributed by atoms with Gasteiger partial charge in [-0.15, -0.1) is 0 Å². The fourth-order valence-corrected chi connectivity index (χ4v) is 1.55. The third-order valence-electron chi connectivity index (χ3n) is 2.23. The van der Waals surface area contributed by atoms with Crippen LogP contribution in [0.4, 0.5) is 0 Å². The number of nitrogens with one attached hydrogen (secondary N) is 1. The van der Waals surface area contributed by atoms with Crippen LogP contribution in [0.1, 0.15) is 10.4 Å². The first-order valence-corrected chi connectivity index (χ1v) is 4.31. The highest BCUT2D eigenvalue weighted by atomic mass is 16.3. The summed E-state index contributed by atoms with van der Waals surface area (Å²) in [6.45, 7) is 0.